The molecule has 1 aromatic heterocycles. The van der Waals surface area contributed by atoms with Crippen molar-refractivity contribution >= 4 is 39.3 Å². The number of anilines is 2. The molecule has 1 heterocycles. The number of aromatic nitrogens is 1. The summed E-state index contributed by atoms with van der Waals surface area (Å²) >= 11 is 0. The van der Waals surface area contributed by atoms with E-state index in [1.807, 2.05) is 68.4 Å². The summed E-state index contributed by atoms with van der Waals surface area (Å²) in [5, 5.41) is 8.20. The monoisotopic (exact) mass is 459 g/mol. The number of rotatable bonds is 8. The van der Waals surface area contributed by atoms with E-state index in [1.165, 1.54) is 0 Å². The summed E-state index contributed by atoms with van der Waals surface area (Å²) < 4.78 is 16.2. The zero-order chi connectivity index (χ0) is 24.1. The van der Waals surface area contributed by atoms with Crippen LogP contribution in [0.5, 0.6) is 11.5 Å². The molecule has 34 heavy (non-hydrogen) atoms. The van der Waals surface area contributed by atoms with Gasteiger partial charge >= 0.3 is 6.09 Å². The SMILES string of the molecule is COc1ccc2nc3ccc(OC)cc3c(Nc3cccc(CCOC(=O)NC(C)C)c3)c2c1. The Labute approximate surface area is 199 Å². The lowest BCUT2D eigenvalue weighted by Gasteiger charge is -2.16. The number of alkyl carbamates (subject to hydrolysis) is 1. The Kier molecular flexibility index (Phi) is 7.01. The van der Waals surface area contributed by atoms with Crippen molar-refractivity contribution in [3.63, 3.8) is 0 Å². The van der Waals surface area contributed by atoms with E-state index in [4.69, 9.17) is 19.2 Å². The minimum Gasteiger partial charge on any atom is -0.497 e. The van der Waals surface area contributed by atoms with Gasteiger partial charge < -0.3 is 24.8 Å². The average Bonchev–Trinajstić information content (AvgIpc) is 2.83. The lowest BCUT2D eigenvalue weighted by molar-refractivity contribution is 0.145. The van der Waals surface area contributed by atoms with E-state index in [2.05, 4.69) is 16.7 Å². The predicted molar refractivity (Wildman–Crippen MR) is 135 cm³/mol. The molecular formula is C27H29N3O4. The van der Waals surface area contributed by atoms with Crippen LogP contribution in [-0.2, 0) is 11.2 Å². The highest BCUT2D eigenvalue weighted by Gasteiger charge is 2.12. The third kappa shape index (κ3) is 5.31. The average molecular weight is 460 g/mol. The Morgan fingerprint density at radius 3 is 2.15 bits per heavy atom. The van der Waals surface area contributed by atoms with Gasteiger partial charge in [0, 0.05) is 28.9 Å². The predicted octanol–water partition coefficient (Wildman–Crippen LogP) is 5.83. The number of ether oxygens (including phenoxy) is 3. The van der Waals surface area contributed by atoms with Gasteiger partial charge in [-0.1, -0.05) is 12.1 Å². The molecule has 176 valence electrons. The van der Waals surface area contributed by atoms with Gasteiger partial charge in [0.1, 0.15) is 11.5 Å². The van der Waals surface area contributed by atoms with Crippen molar-refractivity contribution in [1.29, 1.82) is 0 Å². The Balaban J connectivity index is 1.66. The quantitative estimate of drug-likeness (QED) is 0.323. The van der Waals surface area contributed by atoms with Gasteiger partial charge in [-0.15, -0.1) is 0 Å². The standard InChI is InChI=1S/C27H29N3O4/c1-17(2)28-27(31)34-13-12-18-6-5-7-19(14-18)29-26-22-15-20(32-3)8-10-24(22)30-25-11-9-21(33-4)16-23(25)26/h5-11,14-17H,12-13H2,1-4H3,(H,28,31)(H,29,30). The maximum Gasteiger partial charge on any atom is 0.407 e. The lowest BCUT2D eigenvalue weighted by atomic mass is 10.1. The third-order valence-corrected chi connectivity index (χ3v) is 5.41. The molecule has 1 amide bonds. The van der Waals surface area contributed by atoms with Gasteiger partial charge in [-0.3, -0.25) is 0 Å². The van der Waals surface area contributed by atoms with Crippen molar-refractivity contribution in [2.75, 3.05) is 26.1 Å². The molecule has 4 aromatic rings. The smallest absolute Gasteiger partial charge is 0.407 e. The van der Waals surface area contributed by atoms with Gasteiger partial charge in [0.15, 0.2) is 0 Å². The van der Waals surface area contributed by atoms with Gasteiger partial charge in [0.2, 0.25) is 0 Å². The lowest BCUT2D eigenvalue weighted by Crippen LogP contribution is -2.31. The van der Waals surface area contributed by atoms with Crippen molar-refractivity contribution < 1.29 is 19.0 Å². The van der Waals surface area contributed by atoms with E-state index < -0.39 is 6.09 Å². The molecule has 3 aromatic carbocycles. The van der Waals surface area contributed by atoms with Crippen molar-refractivity contribution in [3.8, 4) is 11.5 Å². The van der Waals surface area contributed by atoms with Crippen LogP contribution in [-0.4, -0.2) is 37.9 Å². The maximum atomic E-state index is 11.7. The van der Waals surface area contributed by atoms with E-state index in [1.54, 1.807) is 14.2 Å². The molecular weight excluding hydrogens is 430 g/mol. The van der Waals surface area contributed by atoms with Crippen LogP contribution in [0.2, 0.25) is 0 Å². The molecule has 0 unspecified atom stereocenters. The van der Waals surface area contributed by atoms with Crippen LogP contribution in [0.4, 0.5) is 16.2 Å². The highest BCUT2D eigenvalue weighted by molar-refractivity contribution is 6.09. The van der Waals surface area contributed by atoms with Crippen LogP contribution >= 0.6 is 0 Å². The highest BCUT2D eigenvalue weighted by Crippen LogP contribution is 2.36. The fraction of sp³-hybridized carbons (Fsp3) is 0.259. The molecule has 0 aliphatic carbocycles. The van der Waals surface area contributed by atoms with Gasteiger partial charge in [-0.25, -0.2) is 9.78 Å². The summed E-state index contributed by atoms with van der Waals surface area (Å²) in [6.45, 7) is 4.10. The molecule has 0 saturated carbocycles. The highest BCUT2D eigenvalue weighted by atomic mass is 16.5. The summed E-state index contributed by atoms with van der Waals surface area (Å²) in [6, 6.07) is 19.8. The minimum atomic E-state index is -0.401. The molecule has 0 aliphatic rings. The van der Waals surface area contributed by atoms with Crippen LogP contribution in [0.25, 0.3) is 21.8 Å². The molecule has 7 nitrogen and oxygen atoms in total. The molecule has 0 bridgehead atoms. The number of carbonyl (C=O) groups is 1. The topological polar surface area (TPSA) is 81.7 Å². The van der Waals surface area contributed by atoms with E-state index in [-0.39, 0.29) is 6.04 Å². The van der Waals surface area contributed by atoms with Crippen molar-refractivity contribution in [2.45, 2.75) is 26.3 Å². The van der Waals surface area contributed by atoms with Gasteiger partial charge in [0.25, 0.3) is 0 Å². The summed E-state index contributed by atoms with van der Waals surface area (Å²) in [7, 11) is 3.30. The van der Waals surface area contributed by atoms with Gasteiger partial charge in [-0.05, 0) is 67.9 Å². The Morgan fingerprint density at radius 1 is 0.912 bits per heavy atom. The molecule has 4 rings (SSSR count). The first-order chi connectivity index (χ1) is 16.5. The van der Waals surface area contributed by atoms with Crippen LogP contribution in [0.15, 0.2) is 60.7 Å². The summed E-state index contributed by atoms with van der Waals surface area (Å²) in [5.41, 5.74) is 4.62. The Bertz CT molecular complexity index is 1260. The molecule has 0 fully saturated rings. The largest absolute Gasteiger partial charge is 0.497 e. The first-order valence-corrected chi connectivity index (χ1v) is 11.2. The number of hydrogen-bond acceptors (Lipinski definition) is 6. The fourth-order valence-electron chi connectivity index (χ4n) is 3.78. The van der Waals surface area contributed by atoms with Gasteiger partial charge in [-0.2, -0.15) is 0 Å². The van der Waals surface area contributed by atoms with Crippen LogP contribution in [0.1, 0.15) is 19.4 Å². The number of pyridine rings is 1. The fourth-order valence-corrected chi connectivity index (χ4v) is 3.78. The summed E-state index contributed by atoms with van der Waals surface area (Å²) in [6.07, 6.45) is 0.211. The molecule has 7 heteroatoms. The summed E-state index contributed by atoms with van der Waals surface area (Å²) in [4.78, 5) is 16.6. The normalized spacial score (nSPS) is 11.0. The second-order valence-corrected chi connectivity index (χ2v) is 8.26. The molecule has 2 N–H and O–H groups in total. The van der Waals surface area contributed by atoms with E-state index in [9.17, 15) is 4.79 Å². The van der Waals surface area contributed by atoms with Crippen molar-refractivity contribution in [1.82, 2.24) is 10.3 Å². The first-order valence-electron chi connectivity index (χ1n) is 11.2. The van der Waals surface area contributed by atoms with Crippen molar-refractivity contribution in [3.05, 3.63) is 66.2 Å². The molecule has 0 radical (unpaired) electrons. The number of nitrogens with one attached hydrogen (secondary N) is 2. The zero-order valence-corrected chi connectivity index (χ0v) is 19.8. The number of nitrogens with zero attached hydrogens (tertiary/aromatic N) is 1. The number of fused-ring (bicyclic) bond motifs is 2. The molecule has 0 atom stereocenters. The maximum absolute atomic E-state index is 11.7. The Morgan fingerprint density at radius 2 is 1.56 bits per heavy atom. The van der Waals surface area contributed by atoms with E-state index in [0.717, 1.165) is 50.2 Å². The van der Waals surface area contributed by atoms with Gasteiger partial charge in [0.05, 0.1) is 37.5 Å². The molecule has 0 spiro atoms. The molecule has 0 aliphatic heterocycles. The summed E-state index contributed by atoms with van der Waals surface area (Å²) in [5.74, 6) is 1.51. The third-order valence-electron chi connectivity index (χ3n) is 5.41. The second kappa shape index (κ2) is 10.3. The second-order valence-electron chi connectivity index (χ2n) is 8.26. The van der Waals surface area contributed by atoms with E-state index >= 15 is 0 Å². The number of methoxy groups -OCH3 is 2. The van der Waals surface area contributed by atoms with E-state index in [0.29, 0.717) is 13.0 Å². The Hall–Kier alpha value is -4.00. The van der Waals surface area contributed by atoms with Crippen LogP contribution < -0.4 is 20.1 Å². The molecule has 0 saturated heterocycles. The minimum absolute atomic E-state index is 0.0438. The number of benzene rings is 3. The first kappa shape index (κ1) is 23.2. The van der Waals surface area contributed by atoms with Crippen molar-refractivity contribution in [2.24, 2.45) is 0 Å². The van der Waals surface area contributed by atoms with Crippen LogP contribution in [0, 0.1) is 0 Å². The number of hydrogen-bond donors (Lipinski definition) is 2. The number of amides is 1. The number of carbonyl (C=O) groups excluding carboxylic acids is 1. The van der Waals surface area contributed by atoms with Crippen LogP contribution in [0.3, 0.4) is 0 Å². The zero-order valence-electron chi connectivity index (χ0n) is 19.8.